The monoisotopic (exact) mass is 286 g/mol. The Morgan fingerprint density at radius 2 is 1.90 bits per heavy atom. The Kier molecular flexibility index (Phi) is 3.56. The summed E-state index contributed by atoms with van der Waals surface area (Å²) >= 11 is 0. The summed E-state index contributed by atoms with van der Waals surface area (Å²) in [4.78, 5) is 10.3. The van der Waals surface area contributed by atoms with Crippen LogP contribution >= 0.6 is 0 Å². The molecule has 0 saturated heterocycles. The smallest absolute Gasteiger partial charge is 0.271 e. The average Bonchev–Trinajstić information content (AvgIpc) is 3.31. The lowest BCUT2D eigenvalue weighted by Gasteiger charge is -2.20. The van der Waals surface area contributed by atoms with E-state index < -0.39 is 10.7 Å². The van der Waals surface area contributed by atoms with Crippen molar-refractivity contribution < 1.29 is 9.31 Å². The number of hydrogen-bond acceptors (Lipinski definition) is 3. The van der Waals surface area contributed by atoms with Crippen molar-refractivity contribution in [2.24, 2.45) is 5.92 Å². The van der Waals surface area contributed by atoms with E-state index in [1.807, 2.05) is 30.3 Å². The summed E-state index contributed by atoms with van der Waals surface area (Å²) in [7, 11) is 0. The van der Waals surface area contributed by atoms with Gasteiger partial charge in [0.05, 0.1) is 16.7 Å². The van der Waals surface area contributed by atoms with Crippen LogP contribution in [0.3, 0.4) is 0 Å². The SMILES string of the molecule is O=[N+]([O-])c1ccc(F)c(NC(c2ccccc2)C2CC2)c1. The molecule has 21 heavy (non-hydrogen) atoms. The van der Waals surface area contributed by atoms with Gasteiger partial charge in [-0.15, -0.1) is 0 Å². The molecule has 0 radical (unpaired) electrons. The molecule has 108 valence electrons. The first kappa shape index (κ1) is 13.5. The number of rotatable bonds is 5. The quantitative estimate of drug-likeness (QED) is 0.658. The first-order valence-corrected chi connectivity index (χ1v) is 6.90. The summed E-state index contributed by atoms with van der Waals surface area (Å²) in [5, 5.41) is 14.0. The van der Waals surface area contributed by atoms with Crippen LogP contribution in [0.15, 0.2) is 48.5 Å². The predicted molar refractivity (Wildman–Crippen MR) is 78.6 cm³/mol. The Labute approximate surface area is 121 Å². The molecule has 0 bridgehead atoms. The molecule has 1 N–H and O–H groups in total. The number of anilines is 1. The summed E-state index contributed by atoms with van der Waals surface area (Å²) < 4.78 is 13.9. The zero-order valence-corrected chi connectivity index (χ0v) is 11.3. The second-order valence-electron chi connectivity index (χ2n) is 5.29. The summed E-state index contributed by atoms with van der Waals surface area (Å²) in [5.41, 5.74) is 1.15. The first-order chi connectivity index (χ1) is 10.1. The van der Waals surface area contributed by atoms with Crippen molar-refractivity contribution in [3.05, 3.63) is 70.0 Å². The molecule has 1 aliphatic rings. The van der Waals surface area contributed by atoms with Gasteiger partial charge in [-0.2, -0.15) is 0 Å². The van der Waals surface area contributed by atoms with Crippen molar-refractivity contribution in [2.45, 2.75) is 18.9 Å². The fourth-order valence-electron chi connectivity index (χ4n) is 2.47. The molecule has 0 amide bonds. The molecule has 0 spiro atoms. The van der Waals surface area contributed by atoms with E-state index in [1.165, 1.54) is 12.1 Å². The van der Waals surface area contributed by atoms with E-state index in [1.54, 1.807) is 0 Å². The number of benzene rings is 2. The molecule has 4 nitrogen and oxygen atoms in total. The Bertz CT molecular complexity index is 657. The highest BCUT2D eigenvalue weighted by molar-refractivity contribution is 5.54. The molecule has 5 heteroatoms. The number of hydrogen-bond donors (Lipinski definition) is 1. The zero-order valence-electron chi connectivity index (χ0n) is 11.3. The fourth-order valence-corrected chi connectivity index (χ4v) is 2.47. The van der Waals surface area contributed by atoms with Crippen LogP contribution in [0.5, 0.6) is 0 Å². The summed E-state index contributed by atoms with van der Waals surface area (Å²) in [6, 6.07) is 13.4. The van der Waals surface area contributed by atoms with Crippen LogP contribution < -0.4 is 5.32 Å². The summed E-state index contributed by atoms with van der Waals surface area (Å²) in [6.45, 7) is 0. The maximum absolute atomic E-state index is 13.9. The first-order valence-electron chi connectivity index (χ1n) is 6.90. The standard InChI is InChI=1S/C16H15FN2O2/c17-14-9-8-13(19(20)21)10-15(14)18-16(12-6-7-12)11-4-2-1-3-5-11/h1-5,8-10,12,16,18H,6-7H2. The fraction of sp³-hybridized carbons (Fsp3) is 0.250. The second-order valence-corrected chi connectivity index (χ2v) is 5.29. The van der Waals surface area contributed by atoms with Gasteiger partial charge in [-0.25, -0.2) is 4.39 Å². The van der Waals surface area contributed by atoms with E-state index in [0.717, 1.165) is 24.5 Å². The molecule has 0 heterocycles. The summed E-state index contributed by atoms with van der Waals surface area (Å²) in [6.07, 6.45) is 2.17. The van der Waals surface area contributed by atoms with Crippen LogP contribution in [0.1, 0.15) is 24.4 Å². The number of nitrogens with one attached hydrogen (secondary N) is 1. The van der Waals surface area contributed by atoms with Crippen LogP contribution in [0.25, 0.3) is 0 Å². The maximum Gasteiger partial charge on any atom is 0.271 e. The van der Waals surface area contributed by atoms with Gasteiger partial charge in [0.25, 0.3) is 5.69 Å². The Morgan fingerprint density at radius 3 is 2.52 bits per heavy atom. The van der Waals surface area contributed by atoms with Gasteiger partial charge in [0.15, 0.2) is 0 Å². The highest BCUT2D eigenvalue weighted by Gasteiger charge is 2.32. The van der Waals surface area contributed by atoms with Crippen molar-refractivity contribution in [3.63, 3.8) is 0 Å². The van der Waals surface area contributed by atoms with Crippen molar-refractivity contribution in [2.75, 3.05) is 5.32 Å². The maximum atomic E-state index is 13.9. The van der Waals surface area contributed by atoms with Gasteiger partial charge < -0.3 is 5.32 Å². The lowest BCUT2D eigenvalue weighted by Crippen LogP contribution is -2.14. The third-order valence-electron chi connectivity index (χ3n) is 3.72. The van der Waals surface area contributed by atoms with E-state index in [9.17, 15) is 14.5 Å². The van der Waals surface area contributed by atoms with Crippen LogP contribution in [0.4, 0.5) is 15.8 Å². The lowest BCUT2D eigenvalue weighted by molar-refractivity contribution is -0.384. The largest absolute Gasteiger partial charge is 0.375 e. The molecular weight excluding hydrogens is 271 g/mol. The van der Waals surface area contributed by atoms with Gasteiger partial charge >= 0.3 is 0 Å². The van der Waals surface area contributed by atoms with Gasteiger partial charge in [0.1, 0.15) is 5.82 Å². The van der Waals surface area contributed by atoms with Crippen molar-refractivity contribution in [3.8, 4) is 0 Å². The molecule has 1 fully saturated rings. The summed E-state index contributed by atoms with van der Waals surface area (Å²) in [5.74, 6) is -0.0201. The Hall–Kier alpha value is -2.43. The normalized spacial score (nSPS) is 15.5. The highest BCUT2D eigenvalue weighted by Crippen LogP contribution is 2.43. The Balaban J connectivity index is 1.90. The lowest BCUT2D eigenvalue weighted by atomic mass is 10.0. The topological polar surface area (TPSA) is 55.2 Å². The van der Waals surface area contributed by atoms with Crippen LogP contribution in [0, 0.1) is 21.8 Å². The van der Waals surface area contributed by atoms with Crippen LogP contribution in [0.2, 0.25) is 0 Å². The van der Waals surface area contributed by atoms with Crippen molar-refractivity contribution in [1.29, 1.82) is 0 Å². The van der Waals surface area contributed by atoms with Crippen molar-refractivity contribution >= 4 is 11.4 Å². The molecule has 1 atom stereocenters. The van der Waals surface area contributed by atoms with Crippen LogP contribution in [-0.2, 0) is 0 Å². The van der Waals surface area contributed by atoms with Crippen LogP contribution in [-0.4, -0.2) is 4.92 Å². The minimum Gasteiger partial charge on any atom is -0.375 e. The molecule has 2 aromatic rings. The van der Waals surface area contributed by atoms with Gasteiger partial charge in [0, 0.05) is 12.1 Å². The molecule has 1 unspecified atom stereocenters. The zero-order chi connectivity index (χ0) is 14.8. The number of nitro groups is 1. The highest BCUT2D eigenvalue weighted by atomic mass is 19.1. The minimum atomic E-state index is -0.515. The van der Waals surface area contributed by atoms with Gasteiger partial charge in [-0.1, -0.05) is 30.3 Å². The molecular formula is C16H15FN2O2. The van der Waals surface area contributed by atoms with Gasteiger partial charge in [-0.3, -0.25) is 10.1 Å². The Morgan fingerprint density at radius 1 is 1.19 bits per heavy atom. The van der Waals surface area contributed by atoms with E-state index in [0.29, 0.717) is 5.92 Å². The number of halogens is 1. The molecule has 1 aliphatic carbocycles. The van der Waals surface area contributed by atoms with E-state index in [-0.39, 0.29) is 17.4 Å². The van der Waals surface area contributed by atoms with E-state index in [4.69, 9.17) is 0 Å². The van der Waals surface area contributed by atoms with Gasteiger partial charge in [-0.05, 0) is 30.4 Å². The number of non-ortho nitro benzene ring substituents is 1. The minimum absolute atomic E-state index is 0.0114. The van der Waals surface area contributed by atoms with E-state index in [2.05, 4.69) is 5.32 Å². The molecule has 2 aromatic carbocycles. The third-order valence-corrected chi connectivity index (χ3v) is 3.72. The molecule has 1 saturated carbocycles. The molecule has 3 rings (SSSR count). The third kappa shape index (κ3) is 3.02. The van der Waals surface area contributed by atoms with Crippen molar-refractivity contribution in [1.82, 2.24) is 0 Å². The molecule has 0 aromatic heterocycles. The van der Waals surface area contributed by atoms with Gasteiger partial charge in [0.2, 0.25) is 0 Å². The number of nitrogens with zero attached hydrogens (tertiary/aromatic N) is 1. The van der Waals surface area contributed by atoms with E-state index >= 15 is 0 Å². The number of nitro benzene ring substituents is 1. The molecule has 0 aliphatic heterocycles. The predicted octanol–water partition coefficient (Wildman–Crippen LogP) is 4.30. The second kappa shape index (κ2) is 5.52. The average molecular weight is 286 g/mol.